The third kappa shape index (κ3) is 4.36. The molecule has 0 bridgehead atoms. The van der Waals surface area contributed by atoms with Crippen LogP contribution in [0.2, 0.25) is 0 Å². The van der Waals surface area contributed by atoms with E-state index >= 15 is 0 Å². The summed E-state index contributed by atoms with van der Waals surface area (Å²) in [4.78, 5) is 31.4. The van der Waals surface area contributed by atoms with Gasteiger partial charge in [-0.15, -0.1) is 0 Å². The number of nitrogens with one attached hydrogen (secondary N) is 1. The first kappa shape index (κ1) is 24.0. The van der Waals surface area contributed by atoms with Gasteiger partial charge in [0.15, 0.2) is 0 Å². The van der Waals surface area contributed by atoms with Crippen molar-refractivity contribution in [3.63, 3.8) is 0 Å². The fraction of sp³-hybridized carbons (Fsp3) is 0.250. The maximum Gasteiger partial charge on any atom is 0.322 e. The minimum atomic E-state index is -0.296. The molecule has 3 amide bonds. The minimum absolute atomic E-state index is 0.0127. The Morgan fingerprint density at radius 1 is 0.868 bits per heavy atom. The van der Waals surface area contributed by atoms with Crippen molar-refractivity contribution >= 4 is 23.3 Å². The van der Waals surface area contributed by atoms with E-state index in [-0.39, 0.29) is 30.6 Å². The lowest BCUT2D eigenvalue weighted by Crippen LogP contribution is -2.48. The Morgan fingerprint density at radius 2 is 1.63 bits per heavy atom. The van der Waals surface area contributed by atoms with Crippen molar-refractivity contribution < 1.29 is 9.59 Å². The molecular formula is C32H32N4O2. The third-order valence-corrected chi connectivity index (χ3v) is 7.52. The van der Waals surface area contributed by atoms with Crippen LogP contribution in [0.15, 0.2) is 85.1 Å². The fourth-order valence-electron chi connectivity index (χ4n) is 5.53. The Balaban J connectivity index is 1.36. The average molecular weight is 505 g/mol. The molecule has 1 aliphatic carbocycles. The van der Waals surface area contributed by atoms with Gasteiger partial charge in [-0.05, 0) is 75.1 Å². The van der Waals surface area contributed by atoms with Crippen LogP contribution in [-0.2, 0) is 4.79 Å². The first-order valence-corrected chi connectivity index (χ1v) is 13.2. The van der Waals surface area contributed by atoms with Gasteiger partial charge in [-0.3, -0.25) is 9.69 Å². The van der Waals surface area contributed by atoms with Gasteiger partial charge >= 0.3 is 6.03 Å². The molecule has 1 saturated carbocycles. The molecule has 2 aliphatic rings. The number of amides is 3. The van der Waals surface area contributed by atoms with Crippen molar-refractivity contribution in [2.75, 3.05) is 16.8 Å². The first-order chi connectivity index (χ1) is 18.4. The Kier molecular flexibility index (Phi) is 6.03. The topological polar surface area (TPSA) is 57.6 Å². The lowest BCUT2D eigenvalue weighted by molar-refractivity contribution is -0.119. The number of hydrogen-bond acceptors (Lipinski definition) is 2. The Bertz CT molecular complexity index is 1530. The van der Waals surface area contributed by atoms with E-state index < -0.39 is 0 Å². The van der Waals surface area contributed by atoms with Crippen molar-refractivity contribution in [3.05, 3.63) is 113 Å². The van der Waals surface area contributed by atoms with Gasteiger partial charge in [0.05, 0.1) is 17.1 Å². The number of anilines is 2. The van der Waals surface area contributed by atoms with Crippen molar-refractivity contribution in [2.45, 2.75) is 45.7 Å². The second-order valence-corrected chi connectivity index (χ2v) is 10.5. The average Bonchev–Trinajstić information content (AvgIpc) is 3.63. The molecule has 0 spiro atoms. The first-order valence-electron chi connectivity index (χ1n) is 13.2. The number of benzene rings is 3. The zero-order valence-corrected chi connectivity index (χ0v) is 22.0. The van der Waals surface area contributed by atoms with Crippen molar-refractivity contribution in [1.82, 2.24) is 9.47 Å². The molecule has 0 unspecified atom stereocenters. The van der Waals surface area contributed by atoms with Crippen molar-refractivity contribution in [2.24, 2.45) is 0 Å². The molecule has 0 saturated heterocycles. The smallest absolute Gasteiger partial charge is 0.316 e. The van der Waals surface area contributed by atoms with Crippen LogP contribution in [0.4, 0.5) is 16.2 Å². The number of rotatable bonds is 5. The number of carbonyl (C=O) groups excluding carboxylic acids is 2. The number of fused-ring (bicyclic) bond motifs is 3. The SMILES string of the molecule is Cc1cccc([C@@H]2c3cccn3-c3ccccc3N2C(=O)CN(C(=O)Nc2ccc(C)cc2C)C2CC2)c1. The minimum Gasteiger partial charge on any atom is -0.316 e. The van der Waals surface area contributed by atoms with E-state index in [0.717, 1.165) is 57.9 Å². The lowest BCUT2D eigenvalue weighted by atomic mass is 9.96. The molecule has 1 atom stereocenters. The molecule has 0 radical (unpaired) electrons. The molecule has 1 fully saturated rings. The highest BCUT2D eigenvalue weighted by molar-refractivity contribution is 6.01. The fourth-order valence-corrected chi connectivity index (χ4v) is 5.53. The molecule has 1 aliphatic heterocycles. The normalized spacial score (nSPS) is 16.0. The highest BCUT2D eigenvalue weighted by Crippen LogP contribution is 2.42. The summed E-state index contributed by atoms with van der Waals surface area (Å²) in [6, 6.07) is 25.9. The van der Waals surface area contributed by atoms with Crippen LogP contribution in [0, 0.1) is 20.8 Å². The van der Waals surface area contributed by atoms with E-state index in [0.29, 0.717) is 0 Å². The quantitative estimate of drug-likeness (QED) is 0.336. The maximum atomic E-state index is 14.3. The summed E-state index contributed by atoms with van der Waals surface area (Å²) in [5, 5.41) is 3.06. The summed E-state index contributed by atoms with van der Waals surface area (Å²) >= 11 is 0. The summed E-state index contributed by atoms with van der Waals surface area (Å²) in [7, 11) is 0. The van der Waals surface area contributed by atoms with Crippen LogP contribution in [-0.4, -0.2) is 34.0 Å². The van der Waals surface area contributed by atoms with Gasteiger partial charge in [0, 0.05) is 17.9 Å². The summed E-state index contributed by atoms with van der Waals surface area (Å²) in [5.41, 5.74) is 7.94. The van der Waals surface area contributed by atoms with E-state index in [9.17, 15) is 9.59 Å². The second-order valence-electron chi connectivity index (χ2n) is 10.5. The molecule has 3 aromatic carbocycles. The highest BCUT2D eigenvalue weighted by Gasteiger charge is 2.40. The molecule has 4 aromatic rings. The molecule has 6 nitrogen and oxygen atoms in total. The van der Waals surface area contributed by atoms with Gasteiger partial charge in [-0.2, -0.15) is 0 Å². The van der Waals surface area contributed by atoms with E-state index in [4.69, 9.17) is 0 Å². The van der Waals surface area contributed by atoms with Crippen molar-refractivity contribution in [3.8, 4) is 5.69 Å². The zero-order valence-electron chi connectivity index (χ0n) is 22.0. The molecular weight excluding hydrogens is 472 g/mol. The van der Waals surface area contributed by atoms with Crippen LogP contribution in [0.3, 0.4) is 0 Å². The molecule has 1 aromatic heterocycles. The zero-order chi connectivity index (χ0) is 26.4. The molecule has 6 rings (SSSR count). The van der Waals surface area contributed by atoms with Crippen LogP contribution in [0.25, 0.3) is 5.69 Å². The van der Waals surface area contributed by atoms with E-state index in [1.165, 1.54) is 0 Å². The standard InChI is InChI=1S/C32H32N4O2/c1-21-8-6-9-24(19-21)31-29-12-7-17-34(29)27-10-4-5-11-28(27)36(31)30(37)20-35(25-14-15-25)32(38)33-26-16-13-22(2)18-23(26)3/h4-13,16-19,25,31H,14-15,20H2,1-3H3,(H,33,38)/t31-/m1/s1. The number of carbonyl (C=O) groups is 2. The molecule has 1 N–H and O–H groups in total. The van der Waals surface area contributed by atoms with Gasteiger partial charge in [0.2, 0.25) is 5.91 Å². The summed E-state index contributed by atoms with van der Waals surface area (Å²) in [5.74, 6) is -0.0981. The van der Waals surface area contributed by atoms with E-state index in [2.05, 4.69) is 47.1 Å². The Labute approximate surface area is 223 Å². The van der Waals surface area contributed by atoms with Gasteiger partial charge in [-0.1, -0.05) is 59.7 Å². The molecule has 38 heavy (non-hydrogen) atoms. The van der Waals surface area contributed by atoms with Crippen molar-refractivity contribution in [1.29, 1.82) is 0 Å². The summed E-state index contributed by atoms with van der Waals surface area (Å²) in [6.45, 7) is 6.10. The summed E-state index contributed by atoms with van der Waals surface area (Å²) in [6.07, 6.45) is 3.87. The monoisotopic (exact) mass is 504 g/mol. The largest absolute Gasteiger partial charge is 0.322 e. The van der Waals surface area contributed by atoms with Gasteiger partial charge in [-0.25, -0.2) is 4.79 Å². The lowest BCUT2D eigenvalue weighted by Gasteiger charge is -2.39. The maximum absolute atomic E-state index is 14.3. The number of aromatic nitrogens is 1. The molecule has 6 heteroatoms. The second kappa shape index (κ2) is 9.53. The number of nitrogens with zero attached hydrogens (tertiary/aromatic N) is 3. The third-order valence-electron chi connectivity index (χ3n) is 7.52. The summed E-state index contributed by atoms with van der Waals surface area (Å²) < 4.78 is 2.16. The van der Waals surface area contributed by atoms with Crippen LogP contribution in [0.5, 0.6) is 0 Å². The predicted molar refractivity (Wildman–Crippen MR) is 151 cm³/mol. The predicted octanol–water partition coefficient (Wildman–Crippen LogP) is 6.54. The van der Waals surface area contributed by atoms with Crippen LogP contribution >= 0.6 is 0 Å². The van der Waals surface area contributed by atoms with Gasteiger partial charge in [0.25, 0.3) is 0 Å². The van der Waals surface area contributed by atoms with Crippen LogP contribution < -0.4 is 10.2 Å². The van der Waals surface area contributed by atoms with E-state index in [1.807, 2.05) is 73.5 Å². The van der Waals surface area contributed by atoms with Gasteiger partial charge in [0.1, 0.15) is 12.6 Å². The molecule has 2 heterocycles. The number of urea groups is 1. The Hall–Kier alpha value is -4.32. The molecule has 192 valence electrons. The number of para-hydroxylation sites is 2. The number of aryl methyl sites for hydroxylation is 3. The Morgan fingerprint density at radius 3 is 2.37 bits per heavy atom. The highest BCUT2D eigenvalue weighted by atomic mass is 16.2. The number of hydrogen-bond donors (Lipinski definition) is 1. The van der Waals surface area contributed by atoms with Crippen LogP contribution in [0.1, 0.15) is 46.8 Å². The van der Waals surface area contributed by atoms with Gasteiger partial charge < -0.3 is 14.8 Å². The van der Waals surface area contributed by atoms with E-state index in [1.54, 1.807) is 4.90 Å².